The SMILES string of the molecule is CC(NC(=O)C(Cc1c[nH]c2ccccc12)NC(=O)c1cccs1)c1cccc(OC(F)F)c1. The first-order valence-electron chi connectivity index (χ1n) is 10.6. The van der Waals surface area contributed by atoms with E-state index in [9.17, 15) is 18.4 Å². The van der Waals surface area contributed by atoms with Gasteiger partial charge < -0.3 is 20.4 Å². The van der Waals surface area contributed by atoms with Crippen LogP contribution in [-0.2, 0) is 11.2 Å². The normalized spacial score (nSPS) is 12.9. The second-order valence-corrected chi connectivity index (χ2v) is 8.70. The van der Waals surface area contributed by atoms with Crippen LogP contribution < -0.4 is 15.4 Å². The number of fused-ring (bicyclic) bond motifs is 1. The Morgan fingerprint density at radius 1 is 1.06 bits per heavy atom. The van der Waals surface area contributed by atoms with Crippen LogP contribution in [0.15, 0.2) is 72.2 Å². The number of ether oxygens (including phenoxy) is 1. The topological polar surface area (TPSA) is 83.2 Å². The number of aromatic amines is 1. The van der Waals surface area contributed by atoms with Crippen molar-refractivity contribution < 1.29 is 23.1 Å². The van der Waals surface area contributed by atoms with E-state index in [1.807, 2.05) is 30.5 Å². The average molecular weight is 484 g/mol. The lowest BCUT2D eigenvalue weighted by Crippen LogP contribution is -2.48. The lowest BCUT2D eigenvalue weighted by Gasteiger charge is -2.22. The summed E-state index contributed by atoms with van der Waals surface area (Å²) >= 11 is 1.29. The summed E-state index contributed by atoms with van der Waals surface area (Å²) in [6, 6.07) is 16.0. The molecule has 34 heavy (non-hydrogen) atoms. The number of para-hydroxylation sites is 1. The van der Waals surface area contributed by atoms with E-state index in [2.05, 4.69) is 20.4 Å². The fourth-order valence-electron chi connectivity index (χ4n) is 3.72. The molecule has 2 aromatic carbocycles. The summed E-state index contributed by atoms with van der Waals surface area (Å²) in [6.07, 6.45) is 2.10. The Morgan fingerprint density at radius 2 is 1.88 bits per heavy atom. The monoisotopic (exact) mass is 483 g/mol. The van der Waals surface area contributed by atoms with Crippen molar-refractivity contribution in [1.29, 1.82) is 0 Å². The maximum absolute atomic E-state index is 13.3. The number of alkyl halides is 2. The zero-order valence-electron chi connectivity index (χ0n) is 18.3. The van der Waals surface area contributed by atoms with E-state index < -0.39 is 18.7 Å². The zero-order chi connectivity index (χ0) is 24.1. The maximum atomic E-state index is 13.3. The van der Waals surface area contributed by atoms with Gasteiger partial charge >= 0.3 is 6.61 Å². The van der Waals surface area contributed by atoms with Crippen LogP contribution in [0.2, 0.25) is 0 Å². The fourth-order valence-corrected chi connectivity index (χ4v) is 4.35. The molecule has 4 rings (SSSR count). The summed E-state index contributed by atoms with van der Waals surface area (Å²) < 4.78 is 29.6. The number of nitrogens with one attached hydrogen (secondary N) is 3. The van der Waals surface area contributed by atoms with Gasteiger partial charge in [0.2, 0.25) is 5.91 Å². The van der Waals surface area contributed by atoms with Gasteiger partial charge in [-0.3, -0.25) is 9.59 Å². The molecule has 2 heterocycles. The minimum atomic E-state index is -2.94. The molecule has 4 aromatic rings. The smallest absolute Gasteiger partial charge is 0.387 e. The number of benzene rings is 2. The van der Waals surface area contributed by atoms with Gasteiger partial charge in [0.05, 0.1) is 10.9 Å². The minimum absolute atomic E-state index is 0.00920. The summed E-state index contributed by atoms with van der Waals surface area (Å²) in [5.74, 6) is -0.715. The van der Waals surface area contributed by atoms with E-state index in [1.165, 1.54) is 23.5 Å². The van der Waals surface area contributed by atoms with Crippen LogP contribution in [0, 0.1) is 0 Å². The number of amides is 2. The Morgan fingerprint density at radius 3 is 2.65 bits per heavy atom. The molecular formula is C25H23F2N3O3S. The fraction of sp³-hybridized carbons (Fsp3) is 0.200. The molecule has 2 atom stereocenters. The van der Waals surface area contributed by atoms with E-state index in [0.717, 1.165) is 16.5 Å². The lowest BCUT2D eigenvalue weighted by atomic mass is 10.0. The van der Waals surface area contributed by atoms with Crippen molar-refractivity contribution in [1.82, 2.24) is 15.6 Å². The van der Waals surface area contributed by atoms with Crippen LogP contribution in [0.3, 0.4) is 0 Å². The van der Waals surface area contributed by atoms with Crippen molar-refractivity contribution in [3.63, 3.8) is 0 Å². The van der Waals surface area contributed by atoms with Crippen molar-refractivity contribution in [2.75, 3.05) is 0 Å². The van der Waals surface area contributed by atoms with Gasteiger partial charge in [0.15, 0.2) is 0 Å². The molecule has 0 saturated carbocycles. The Bertz CT molecular complexity index is 1270. The third-order valence-electron chi connectivity index (χ3n) is 5.41. The van der Waals surface area contributed by atoms with Crippen molar-refractivity contribution in [2.24, 2.45) is 0 Å². The van der Waals surface area contributed by atoms with Gasteiger partial charge in [-0.2, -0.15) is 8.78 Å². The number of carbonyl (C=O) groups excluding carboxylic acids is 2. The van der Waals surface area contributed by atoms with Gasteiger partial charge in [-0.25, -0.2) is 0 Å². The van der Waals surface area contributed by atoms with E-state index in [-0.39, 0.29) is 24.0 Å². The molecule has 176 valence electrons. The Hall–Kier alpha value is -3.72. The number of H-pyrrole nitrogens is 1. The molecule has 0 radical (unpaired) electrons. The van der Waals surface area contributed by atoms with Crippen LogP contribution in [0.4, 0.5) is 8.78 Å². The molecule has 9 heteroatoms. The van der Waals surface area contributed by atoms with Gasteiger partial charge in [0, 0.05) is 23.5 Å². The molecule has 0 aliphatic rings. The number of hydrogen-bond donors (Lipinski definition) is 3. The van der Waals surface area contributed by atoms with Crippen LogP contribution in [0.1, 0.15) is 33.8 Å². The highest BCUT2D eigenvalue weighted by molar-refractivity contribution is 7.12. The quantitative estimate of drug-likeness (QED) is 0.312. The molecule has 2 unspecified atom stereocenters. The molecule has 0 spiro atoms. The number of hydrogen-bond acceptors (Lipinski definition) is 4. The van der Waals surface area contributed by atoms with Gasteiger partial charge in [-0.15, -0.1) is 11.3 Å². The molecule has 0 aliphatic carbocycles. The first-order chi connectivity index (χ1) is 16.4. The van der Waals surface area contributed by atoms with Gasteiger partial charge in [-0.05, 0) is 47.7 Å². The lowest BCUT2D eigenvalue weighted by molar-refractivity contribution is -0.123. The Labute approximate surface area is 198 Å². The highest BCUT2D eigenvalue weighted by Crippen LogP contribution is 2.22. The van der Waals surface area contributed by atoms with Gasteiger partial charge in [-0.1, -0.05) is 36.4 Å². The number of thiophene rings is 1. The molecular weight excluding hydrogens is 460 g/mol. The van der Waals surface area contributed by atoms with Crippen molar-refractivity contribution in [3.05, 3.63) is 88.2 Å². The molecule has 2 aromatic heterocycles. The molecule has 3 N–H and O–H groups in total. The largest absolute Gasteiger partial charge is 0.435 e. The predicted octanol–water partition coefficient (Wildman–Crippen LogP) is 5.05. The predicted molar refractivity (Wildman–Crippen MR) is 127 cm³/mol. The highest BCUT2D eigenvalue weighted by Gasteiger charge is 2.25. The van der Waals surface area contributed by atoms with Gasteiger partial charge in [0.1, 0.15) is 11.8 Å². The maximum Gasteiger partial charge on any atom is 0.387 e. The van der Waals surface area contributed by atoms with E-state index in [0.29, 0.717) is 10.4 Å². The Balaban J connectivity index is 1.54. The summed E-state index contributed by atoms with van der Waals surface area (Å²) in [4.78, 5) is 29.7. The van der Waals surface area contributed by atoms with E-state index in [1.54, 1.807) is 36.6 Å². The summed E-state index contributed by atoms with van der Waals surface area (Å²) in [5, 5.41) is 8.48. The molecule has 0 aliphatic heterocycles. The Kier molecular flexibility index (Phi) is 7.22. The number of rotatable bonds is 9. The average Bonchev–Trinajstić information content (AvgIpc) is 3.49. The molecule has 6 nitrogen and oxygen atoms in total. The van der Waals surface area contributed by atoms with Crippen molar-refractivity contribution in [3.8, 4) is 5.75 Å². The molecule has 0 bridgehead atoms. The third kappa shape index (κ3) is 5.60. The number of aromatic nitrogens is 1. The van der Waals surface area contributed by atoms with Crippen LogP contribution in [-0.4, -0.2) is 29.5 Å². The van der Waals surface area contributed by atoms with Crippen molar-refractivity contribution in [2.45, 2.75) is 32.0 Å². The first kappa shape index (κ1) is 23.4. The highest BCUT2D eigenvalue weighted by atomic mass is 32.1. The van der Waals surface area contributed by atoms with E-state index in [4.69, 9.17) is 0 Å². The second-order valence-electron chi connectivity index (χ2n) is 7.75. The third-order valence-corrected chi connectivity index (χ3v) is 6.28. The number of carbonyl (C=O) groups is 2. The zero-order valence-corrected chi connectivity index (χ0v) is 19.1. The number of halogens is 2. The summed E-state index contributed by atoms with van der Waals surface area (Å²) in [7, 11) is 0. The summed E-state index contributed by atoms with van der Waals surface area (Å²) in [5.41, 5.74) is 2.43. The van der Waals surface area contributed by atoms with Crippen molar-refractivity contribution >= 4 is 34.1 Å². The van der Waals surface area contributed by atoms with Gasteiger partial charge in [0.25, 0.3) is 5.91 Å². The molecule has 0 saturated heterocycles. The van der Waals surface area contributed by atoms with Crippen LogP contribution >= 0.6 is 11.3 Å². The van der Waals surface area contributed by atoms with Crippen LogP contribution in [0.25, 0.3) is 10.9 Å². The van der Waals surface area contributed by atoms with Crippen LogP contribution in [0.5, 0.6) is 5.75 Å². The molecule has 2 amide bonds. The summed E-state index contributed by atoms with van der Waals surface area (Å²) in [6.45, 7) is -1.20. The second kappa shape index (κ2) is 10.5. The first-order valence-corrected chi connectivity index (χ1v) is 11.5. The standard InChI is InChI=1S/C25H23F2N3O3S/c1-15(16-6-4-7-18(12-16)33-25(26)27)29-23(31)21(30-24(32)22-10-5-11-34-22)13-17-14-28-20-9-3-2-8-19(17)20/h2-12,14-15,21,25,28H,13H2,1H3,(H,29,31)(H,30,32). The minimum Gasteiger partial charge on any atom is -0.435 e. The van der Waals surface area contributed by atoms with E-state index >= 15 is 0 Å². The molecule has 0 fully saturated rings.